The molecule has 0 saturated carbocycles. The van der Waals surface area contributed by atoms with Crippen molar-refractivity contribution < 1.29 is 12.8 Å². The van der Waals surface area contributed by atoms with Crippen LogP contribution in [0.5, 0.6) is 0 Å². The number of sulfonamides is 1. The van der Waals surface area contributed by atoms with Crippen molar-refractivity contribution in [3.05, 3.63) is 59.4 Å². The SMILES string of the molecule is O=S(=O)(Nc1ccc2c(c1)CCCC2)c1cccc(F)c1. The lowest BCUT2D eigenvalue weighted by Crippen LogP contribution is -2.14. The van der Waals surface area contributed by atoms with Crippen LogP contribution < -0.4 is 4.72 Å². The maximum atomic E-state index is 13.2. The van der Waals surface area contributed by atoms with Gasteiger partial charge in [-0.2, -0.15) is 0 Å². The molecule has 0 atom stereocenters. The fraction of sp³-hybridized carbons (Fsp3) is 0.250. The van der Waals surface area contributed by atoms with Crippen molar-refractivity contribution in [2.24, 2.45) is 0 Å². The second-order valence-corrected chi connectivity index (χ2v) is 6.94. The van der Waals surface area contributed by atoms with Gasteiger partial charge in [0, 0.05) is 5.69 Å². The van der Waals surface area contributed by atoms with Crippen LogP contribution in [0.1, 0.15) is 24.0 Å². The van der Waals surface area contributed by atoms with Crippen molar-refractivity contribution >= 4 is 15.7 Å². The first-order valence-electron chi connectivity index (χ1n) is 6.95. The number of fused-ring (bicyclic) bond motifs is 1. The maximum absolute atomic E-state index is 13.2. The zero-order valence-corrected chi connectivity index (χ0v) is 12.3. The summed E-state index contributed by atoms with van der Waals surface area (Å²) in [6.45, 7) is 0. The molecule has 0 heterocycles. The summed E-state index contributed by atoms with van der Waals surface area (Å²) in [4.78, 5) is -0.0692. The molecule has 1 aliphatic rings. The standard InChI is InChI=1S/C16H16FNO2S/c17-14-6-3-7-16(11-14)21(19,20)18-15-9-8-12-4-1-2-5-13(12)10-15/h3,6-11,18H,1-2,4-5H2. The van der Waals surface area contributed by atoms with E-state index in [0.717, 1.165) is 25.3 Å². The van der Waals surface area contributed by atoms with E-state index >= 15 is 0 Å². The molecule has 5 heteroatoms. The van der Waals surface area contributed by atoms with Crippen LogP contribution in [0.3, 0.4) is 0 Å². The van der Waals surface area contributed by atoms with Gasteiger partial charge in [-0.25, -0.2) is 12.8 Å². The van der Waals surface area contributed by atoms with Crippen LogP contribution in [-0.2, 0) is 22.9 Å². The number of hydrogen-bond acceptors (Lipinski definition) is 2. The molecule has 0 fully saturated rings. The van der Waals surface area contributed by atoms with Gasteiger partial charge in [0.2, 0.25) is 0 Å². The highest BCUT2D eigenvalue weighted by Crippen LogP contribution is 2.25. The van der Waals surface area contributed by atoms with E-state index in [1.54, 1.807) is 6.07 Å². The highest BCUT2D eigenvalue weighted by atomic mass is 32.2. The molecule has 1 aliphatic carbocycles. The van der Waals surface area contributed by atoms with Gasteiger partial charge in [0.05, 0.1) is 4.90 Å². The van der Waals surface area contributed by atoms with Gasteiger partial charge >= 0.3 is 0 Å². The molecule has 1 N–H and O–H groups in total. The van der Waals surface area contributed by atoms with Gasteiger partial charge in [0.1, 0.15) is 5.82 Å². The number of benzene rings is 2. The molecule has 3 rings (SSSR count). The van der Waals surface area contributed by atoms with Crippen molar-refractivity contribution in [2.75, 3.05) is 4.72 Å². The van der Waals surface area contributed by atoms with E-state index in [-0.39, 0.29) is 4.90 Å². The van der Waals surface area contributed by atoms with Crippen LogP contribution in [0, 0.1) is 5.82 Å². The van der Waals surface area contributed by atoms with Crippen molar-refractivity contribution in [3.8, 4) is 0 Å². The number of aryl methyl sites for hydroxylation is 2. The van der Waals surface area contributed by atoms with Gasteiger partial charge in [0.25, 0.3) is 10.0 Å². The lowest BCUT2D eigenvalue weighted by atomic mass is 9.91. The molecular weight excluding hydrogens is 289 g/mol. The van der Waals surface area contributed by atoms with Crippen molar-refractivity contribution in [1.82, 2.24) is 0 Å². The van der Waals surface area contributed by atoms with Gasteiger partial charge in [-0.1, -0.05) is 12.1 Å². The normalized spacial score (nSPS) is 14.5. The summed E-state index contributed by atoms with van der Waals surface area (Å²) >= 11 is 0. The fourth-order valence-electron chi connectivity index (χ4n) is 2.65. The van der Waals surface area contributed by atoms with Gasteiger partial charge < -0.3 is 0 Å². The topological polar surface area (TPSA) is 46.2 Å². The average molecular weight is 305 g/mol. The Labute approximate surface area is 123 Å². The van der Waals surface area contributed by atoms with Crippen molar-refractivity contribution in [3.63, 3.8) is 0 Å². The summed E-state index contributed by atoms with van der Waals surface area (Å²) in [6, 6.07) is 10.6. The Morgan fingerprint density at radius 1 is 0.952 bits per heavy atom. The van der Waals surface area contributed by atoms with Crippen molar-refractivity contribution in [2.45, 2.75) is 30.6 Å². The summed E-state index contributed by atoms with van der Waals surface area (Å²) in [6.07, 6.45) is 4.34. The minimum Gasteiger partial charge on any atom is -0.280 e. The molecule has 2 aromatic rings. The minimum atomic E-state index is -3.75. The minimum absolute atomic E-state index is 0.0692. The van der Waals surface area contributed by atoms with E-state index in [9.17, 15) is 12.8 Å². The van der Waals surface area contributed by atoms with Crippen LogP contribution in [0.2, 0.25) is 0 Å². The van der Waals surface area contributed by atoms with Crippen LogP contribution in [0.4, 0.5) is 10.1 Å². The number of nitrogens with one attached hydrogen (secondary N) is 1. The molecule has 2 aromatic carbocycles. The first kappa shape index (κ1) is 14.1. The molecule has 0 saturated heterocycles. The van der Waals surface area contributed by atoms with Crippen LogP contribution in [0.15, 0.2) is 47.4 Å². The zero-order valence-electron chi connectivity index (χ0n) is 11.5. The smallest absolute Gasteiger partial charge is 0.261 e. The zero-order chi connectivity index (χ0) is 14.9. The largest absolute Gasteiger partial charge is 0.280 e. The quantitative estimate of drug-likeness (QED) is 0.943. The summed E-state index contributed by atoms with van der Waals surface area (Å²) < 4.78 is 40.2. The molecule has 0 spiro atoms. The molecule has 110 valence electrons. The Hall–Kier alpha value is -1.88. The molecule has 21 heavy (non-hydrogen) atoms. The maximum Gasteiger partial charge on any atom is 0.261 e. The summed E-state index contributed by atoms with van der Waals surface area (Å²) in [7, 11) is -3.75. The molecular formula is C16H16FNO2S. The number of halogens is 1. The van der Waals surface area contributed by atoms with E-state index in [1.807, 2.05) is 12.1 Å². The van der Waals surface area contributed by atoms with E-state index in [2.05, 4.69) is 4.72 Å². The molecule has 0 unspecified atom stereocenters. The Morgan fingerprint density at radius 3 is 2.48 bits per heavy atom. The van der Waals surface area contributed by atoms with Crippen LogP contribution >= 0.6 is 0 Å². The van der Waals surface area contributed by atoms with Crippen LogP contribution in [0.25, 0.3) is 0 Å². The monoisotopic (exact) mass is 305 g/mol. The van der Waals surface area contributed by atoms with Crippen molar-refractivity contribution in [1.29, 1.82) is 0 Å². The molecule has 0 aliphatic heterocycles. The Balaban J connectivity index is 1.89. The van der Waals surface area contributed by atoms with Gasteiger partial charge in [0.15, 0.2) is 0 Å². The Kier molecular flexibility index (Phi) is 3.68. The van der Waals surface area contributed by atoms with Gasteiger partial charge in [-0.15, -0.1) is 0 Å². The third-order valence-electron chi connectivity index (χ3n) is 3.71. The summed E-state index contributed by atoms with van der Waals surface area (Å²) in [5, 5.41) is 0. The van der Waals surface area contributed by atoms with E-state index < -0.39 is 15.8 Å². The molecule has 3 nitrogen and oxygen atoms in total. The van der Waals surface area contributed by atoms with E-state index in [0.29, 0.717) is 5.69 Å². The lowest BCUT2D eigenvalue weighted by molar-refractivity contribution is 0.595. The third-order valence-corrected chi connectivity index (χ3v) is 5.09. The van der Waals surface area contributed by atoms with E-state index in [1.165, 1.54) is 35.7 Å². The van der Waals surface area contributed by atoms with Gasteiger partial charge in [-0.05, 0) is 67.1 Å². The third kappa shape index (κ3) is 3.08. The molecule has 0 amide bonds. The van der Waals surface area contributed by atoms with E-state index in [4.69, 9.17) is 0 Å². The number of anilines is 1. The first-order valence-corrected chi connectivity index (χ1v) is 8.43. The number of rotatable bonds is 3. The molecule has 0 aromatic heterocycles. The highest BCUT2D eigenvalue weighted by molar-refractivity contribution is 7.92. The number of hydrogen-bond donors (Lipinski definition) is 1. The van der Waals surface area contributed by atoms with Gasteiger partial charge in [-0.3, -0.25) is 4.72 Å². The van der Waals surface area contributed by atoms with Crippen LogP contribution in [-0.4, -0.2) is 8.42 Å². The highest BCUT2D eigenvalue weighted by Gasteiger charge is 2.16. The Morgan fingerprint density at radius 2 is 1.71 bits per heavy atom. The second-order valence-electron chi connectivity index (χ2n) is 5.25. The fourth-order valence-corrected chi connectivity index (χ4v) is 3.73. The predicted octanol–water partition coefficient (Wildman–Crippen LogP) is 3.51. The summed E-state index contributed by atoms with van der Waals surface area (Å²) in [5.41, 5.74) is 3.01. The molecule has 0 bridgehead atoms. The first-order chi connectivity index (χ1) is 10.0. The molecule has 0 radical (unpaired) electrons. The Bertz CT molecular complexity index is 772. The lowest BCUT2D eigenvalue weighted by Gasteiger charge is -2.17. The average Bonchev–Trinajstić information content (AvgIpc) is 2.47. The predicted molar refractivity (Wildman–Crippen MR) is 80.3 cm³/mol. The second kappa shape index (κ2) is 5.48. The summed E-state index contributed by atoms with van der Waals surface area (Å²) in [5.74, 6) is -0.566.